The smallest absolute Gasteiger partial charge is 0.0468 e. The van der Waals surface area contributed by atoms with Gasteiger partial charge in [0.25, 0.3) is 0 Å². The molecular weight excluding hydrogens is 671 g/mol. The van der Waals surface area contributed by atoms with E-state index in [1.165, 1.54) is 75.5 Å². The summed E-state index contributed by atoms with van der Waals surface area (Å²) >= 11 is 1.87. The highest BCUT2D eigenvalue weighted by Crippen LogP contribution is 2.48. The molecule has 0 saturated carbocycles. The number of para-hydroxylation sites is 2. The lowest BCUT2D eigenvalue weighted by Gasteiger charge is -2.27. The fourth-order valence-corrected chi connectivity index (χ4v) is 9.29. The van der Waals surface area contributed by atoms with E-state index in [0.29, 0.717) is 0 Å². The molecule has 0 atom stereocenters. The molecule has 10 aromatic rings. The van der Waals surface area contributed by atoms with Gasteiger partial charge in [-0.25, -0.2) is 0 Å². The summed E-state index contributed by atoms with van der Waals surface area (Å²) in [5.74, 6) is 0. The summed E-state index contributed by atoms with van der Waals surface area (Å²) in [5.41, 5.74) is 12.1. The van der Waals surface area contributed by atoms with E-state index in [-0.39, 0.29) is 0 Å². The van der Waals surface area contributed by atoms with E-state index in [2.05, 4.69) is 217 Å². The molecule has 1 heterocycles. The summed E-state index contributed by atoms with van der Waals surface area (Å²) in [5, 5.41) is 6.26. The van der Waals surface area contributed by atoms with Crippen LogP contribution in [0.25, 0.3) is 75.5 Å². The number of thiophene rings is 1. The Hall–Kier alpha value is -6.74. The fourth-order valence-electron chi connectivity index (χ4n) is 8.06. The standard InChI is InChI=1S/C52H35NS/c1-5-17-36(18-6-1)50-44-26-14-13-25-43(44)49(45-34-33-42(35-47(45)50)53(40-21-9-3-10-22-40)41-23-11-4-12-24-41)38-29-31-39(32-30-38)52-51(37-19-7-2-8-20-37)46-27-15-16-28-48(46)54-52/h1-35H. The molecule has 0 spiro atoms. The van der Waals surface area contributed by atoms with Crippen LogP contribution in [0.2, 0.25) is 0 Å². The van der Waals surface area contributed by atoms with Crippen LogP contribution in [0.4, 0.5) is 17.1 Å². The van der Waals surface area contributed by atoms with E-state index in [1.807, 2.05) is 11.3 Å². The normalized spacial score (nSPS) is 11.3. The highest BCUT2D eigenvalue weighted by molar-refractivity contribution is 7.23. The van der Waals surface area contributed by atoms with Crippen LogP contribution >= 0.6 is 11.3 Å². The molecule has 2 heteroatoms. The van der Waals surface area contributed by atoms with E-state index < -0.39 is 0 Å². The third kappa shape index (κ3) is 5.56. The topological polar surface area (TPSA) is 3.24 Å². The van der Waals surface area contributed by atoms with Gasteiger partial charge in [-0.2, -0.15) is 0 Å². The summed E-state index contributed by atoms with van der Waals surface area (Å²) in [7, 11) is 0. The second-order valence-corrected chi connectivity index (χ2v) is 14.7. The maximum atomic E-state index is 2.39. The van der Waals surface area contributed by atoms with Crippen molar-refractivity contribution in [1.29, 1.82) is 0 Å². The van der Waals surface area contributed by atoms with Crippen LogP contribution in [0.3, 0.4) is 0 Å². The monoisotopic (exact) mass is 705 g/mol. The minimum Gasteiger partial charge on any atom is -0.310 e. The van der Waals surface area contributed by atoms with Crippen LogP contribution in [0.1, 0.15) is 0 Å². The first-order chi connectivity index (χ1) is 26.8. The van der Waals surface area contributed by atoms with Gasteiger partial charge in [0, 0.05) is 37.6 Å². The molecule has 0 bridgehead atoms. The minimum absolute atomic E-state index is 1.12. The molecule has 0 aliphatic carbocycles. The van der Waals surface area contributed by atoms with Gasteiger partial charge >= 0.3 is 0 Å². The van der Waals surface area contributed by atoms with Crippen molar-refractivity contribution in [3.63, 3.8) is 0 Å². The number of benzene rings is 9. The van der Waals surface area contributed by atoms with Gasteiger partial charge in [0.05, 0.1) is 0 Å². The average molecular weight is 706 g/mol. The summed E-state index contributed by atoms with van der Waals surface area (Å²) in [4.78, 5) is 3.65. The van der Waals surface area contributed by atoms with Gasteiger partial charge in [0.15, 0.2) is 0 Å². The van der Waals surface area contributed by atoms with E-state index >= 15 is 0 Å². The van der Waals surface area contributed by atoms with Gasteiger partial charge in [-0.1, -0.05) is 170 Å². The molecule has 0 aliphatic heterocycles. The molecule has 0 unspecified atom stereocenters. The minimum atomic E-state index is 1.12. The summed E-state index contributed by atoms with van der Waals surface area (Å²) < 4.78 is 1.31. The molecule has 0 aliphatic rings. The third-order valence-corrected chi connectivity index (χ3v) is 11.7. The first kappa shape index (κ1) is 32.0. The quantitative estimate of drug-likeness (QED) is 0.149. The zero-order valence-electron chi connectivity index (χ0n) is 29.6. The Kier molecular flexibility index (Phi) is 8.09. The molecule has 54 heavy (non-hydrogen) atoms. The van der Waals surface area contributed by atoms with Crippen molar-refractivity contribution < 1.29 is 0 Å². The highest BCUT2D eigenvalue weighted by atomic mass is 32.1. The second kappa shape index (κ2) is 13.7. The van der Waals surface area contributed by atoms with Gasteiger partial charge in [0.1, 0.15) is 0 Å². The molecule has 9 aromatic carbocycles. The first-order valence-corrected chi connectivity index (χ1v) is 19.3. The van der Waals surface area contributed by atoms with Crippen LogP contribution in [0.5, 0.6) is 0 Å². The number of hydrogen-bond acceptors (Lipinski definition) is 2. The Balaban J connectivity index is 1.20. The van der Waals surface area contributed by atoms with Crippen LogP contribution in [-0.4, -0.2) is 0 Å². The van der Waals surface area contributed by atoms with Crippen molar-refractivity contribution in [2.45, 2.75) is 0 Å². The summed E-state index contributed by atoms with van der Waals surface area (Å²) in [6.45, 7) is 0. The zero-order chi connectivity index (χ0) is 35.8. The lowest BCUT2D eigenvalue weighted by molar-refractivity contribution is 1.29. The Morgan fingerprint density at radius 3 is 1.30 bits per heavy atom. The Morgan fingerprint density at radius 1 is 0.278 bits per heavy atom. The molecule has 0 amide bonds. The maximum Gasteiger partial charge on any atom is 0.0468 e. The fraction of sp³-hybridized carbons (Fsp3) is 0. The molecule has 0 radical (unpaired) electrons. The lowest BCUT2D eigenvalue weighted by atomic mass is 9.85. The molecule has 1 nitrogen and oxygen atoms in total. The van der Waals surface area contributed by atoms with E-state index in [4.69, 9.17) is 0 Å². The number of fused-ring (bicyclic) bond motifs is 3. The van der Waals surface area contributed by atoms with Gasteiger partial charge in [-0.3, -0.25) is 0 Å². The maximum absolute atomic E-state index is 2.39. The van der Waals surface area contributed by atoms with Crippen molar-refractivity contribution in [1.82, 2.24) is 0 Å². The molecule has 0 N–H and O–H groups in total. The Bertz CT molecular complexity index is 2860. The SMILES string of the molecule is c1ccc(-c2c(-c3ccc(-c4c5ccccc5c(-c5ccccc5)c5cc(N(c6ccccc6)c6ccccc6)ccc45)cc3)sc3ccccc23)cc1. The predicted octanol–water partition coefficient (Wildman–Crippen LogP) is 15.3. The van der Waals surface area contributed by atoms with Crippen molar-refractivity contribution in [3.05, 3.63) is 212 Å². The van der Waals surface area contributed by atoms with Gasteiger partial charge < -0.3 is 4.90 Å². The van der Waals surface area contributed by atoms with Gasteiger partial charge in [-0.15, -0.1) is 11.3 Å². The zero-order valence-corrected chi connectivity index (χ0v) is 30.4. The molecule has 1 aromatic heterocycles. The van der Waals surface area contributed by atoms with Crippen molar-refractivity contribution in [2.24, 2.45) is 0 Å². The van der Waals surface area contributed by atoms with Crippen LogP contribution in [0.15, 0.2) is 212 Å². The first-order valence-electron chi connectivity index (χ1n) is 18.4. The van der Waals surface area contributed by atoms with Crippen molar-refractivity contribution >= 4 is 60.0 Å². The average Bonchev–Trinajstić information content (AvgIpc) is 3.64. The summed E-state index contributed by atoms with van der Waals surface area (Å²) in [6, 6.07) is 77.0. The van der Waals surface area contributed by atoms with Gasteiger partial charge in [-0.05, 0) is 97.4 Å². The van der Waals surface area contributed by atoms with Crippen molar-refractivity contribution in [2.75, 3.05) is 4.90 Å². The van der Waals surface area contributed by atoms with Crippen molar-refractivity contribution in [3.8, 4) is 43.8 Å². The molecular formula is C52H35NS. The second-order valence-electron chi connectivity index (χ2n) is 13.6. The highest BCUT2D eigenvalue weighted by Gasteiger charge is 2.21. The van der Waals surface area contributed by atoms with Crippen LogP contribution in [0, 0.1) is 0 Å². The van der Waals surface area contributed by atoms with Crippen LogP contribution < -0.4 is 4.90 Å². The Morgan fingerprint density at radius 2 is 0.704 bits per heavy atom. The molecule has 0 saturated heterocycles. The molecule has 0 fully saturated rings. The van der Waals surface area contributed by atoms with E-state index in [9.17, 15) is 0 Å². The largest absolute Gasteiger partial charge is 0.310 e. The molecule has 10 rings (SSSR count). The number of hydrogen-bond donors (Lipinski definition) is 0. The molecule has 254 valence electrons. The Labute approximate surface area is 319 Å². The third-order valence-electron chi connectivity index (χ3n) is 10.5. The van der Waals surface area contributed by atoms with Crippen LogP contribution in [-0.2, 0) is 0 Å². The summed E-state index contributed by atoms with van der Waals surface area (Å²) in [6.07, 6.45) is 0. The number of anilines is 3. The lowest BCUT2D eigenvalue weighted by Crippen LogP contribution is -2.09. The predicted molar refractivity (Wildman–Crippen MR) is 233 cm³/mol. The van der Waals surface area contributed by atoms with E-state index in [1.54, 1.807) is 0 Å². The van der Waals surface area contributed by atoms with E-state index in [0.717, 1.165) is 17.1 Å². The number of rotatable bonds is 7. The number of nitrogens with zero attached hydrogens (tertiary/aromatic N) is 1. The van der Waals surface area contributed by atoms with Gasteiger partial charge in [0.2, 0.25) is 0 Å².